The average Bonchev–Trinajstić information content (AvgIpc) is 2.62. The molecule has 2 N–H and O–H groups in total. The zero-order valence-electron chi connectivity index (χ0n) is 14.5. The van der Waals surface area contributed by atoms with Gasteiger partial charge in [0.2, 0.25) is 0 Å². The topological polar surface area (TPSA) is 79.3 Å². The van der Waals surface area contributed by atoms with E-state index in [9.17, 15) is 19.1 Å². The van der Waals surface area contributed by atoms with Gasteiger partial charge in [0, 0.05) is 17.8 Å². The lowest BCUT2D eigenvalue weighted by Crippen LogP contribution is -2.44. The minimum absolute atomic E-state index is 0.166. The molecule has 5 nitrogen and oxygen atoms in total. The lowest BCUT2D eigenvalue weighted by Gasteiger charge is -2.35. The van der Waals surface area contributed by atoms with Crippen LogP contribution in [-0.4, -0.2) is 28.0 Å². The largest absolute Gasteiger partial charge is 0.481 e. The van der Waals surface area contributed by atoms with Gasteiger partial charge in [-0.25, -0.2) is 4.39 Å². The quantitative estimate of drug-likeness (QED) is 0.876. The first kappa shape index (κ1) is 18.0. The van der Waals surface area contributed by atoms with Crippen LogP contribution in [0.5, 0.6) is 0 Å². The van der Waals surface area contributed by atoms with Crippen LogP contribution in [0.15, 0.2) is 42.6 Å². The maximum atomic E-state index is 13.3. The van der Waals surface area contributed by atoms with E-state index in [1.807, 2.05) is 0 Å². The van der Waals surface area contributed by atoms with Crippen LogP contribution in [0, 0.1) is 11.2 Å². The molecular formula is C20H21FN2O3. The molecule has 1 amide bonds. The fraction of sp³-hybridized carbons (Fsp3) is 0.350. The molecule has 1 aromatic carbocycles. The molecule has 0 radical (unpaired) electrons. The molecule has 136 valence electrons. The zero-order valence-corrected chi connectivity index (χ0v) is 14.5. The molecule has 2 atom stereocenters. The van der Waals surface area contributed by atoms with Gasteiger partial charge in [-0.3, -0.25) is 14.6 Å². The van der Waals surface area contributed by atoms with Crippen molar-refractivity contribution < 1.29 is 19.1 Å². The Labute approximate surface area is 151 Å². The van der Waals surface area contributed by atoms with E-state index in [4.69, 9.17) is 0 Å². The number of aromatic nitrogens is 1. The summed E-state index contributed by atoms with van der Waals surface area (Å²) < 4.78 is 13.3. The predicted octanol–water partition coefficient (Wildman–Crippen LogP) is 3.65. The summed E-state index contributed by atoms with van der Waals surface area (Å²) in [6.07, 6.45) is 4.03. The number of aliphatic carboxylic acids is 1. The van der Waals surface area contributed by atoms with Crippen molar-refractivity contribution in [2.75, 3.05) is 0 Å². The number of carboxylic acid groups (broad SMARTS) is 1. The summed E-state index contributed by atoms with van der Waals surface area (Å²) in [5, 5.41) is 12.3. The predicted molar refractivity (Wildman–Crippen MR) is 95.1 cm³/mol. The van der Waals surface area contributed by atoms with E-state index in [0.29, 0.717) is 29.7 Å². The Morgan fingerprint density at radius 3 is 2.77 bits per heavy atom. The van der Waals surface area contributed by atoms with Crippen molar-refractivity contribution in [3.63, 3.8) is 0 Å². The number of nitrogens with one attached hydrogen (secondary N) is 1. The van der Waals surface area contributed by atoms with Crippen molar-refractivity contribution in [1.29, 1.82) is 0 Å². The minimum atomic E-state index is -0.822. The minimum Gasteiger partial charge on any atom is -0.481 e. The van der Waals surface area contributed by atoms with Gasteiger partial charge >= 0.3 is 5.97 Å². The number of carbonyl (C=O) groups excluding carboxylic acids is 1. The molecule has 0 bridgehead atoms. The first-order valence-corrected chi connectivity index (χ1v) is 8.64. The van der Waals surface area contributed by atoms with Gasteiger partial charge in [0.15, 0.2) is 0 Å². The lowest BCUT2D eigenvalue weighted by atomic mass is 9.73. The van der Waals surface area contributed by atoms with Crippen LogP contribution in [0.3, 0.4) is 0 Å². The van der Waals surface area contributed by atoms with Crippen LogP contribution in [0.1, 0.15) is 43.0 Å². The van der Waals surface area contributed by atoms with Crippen LogP contribution in [-0.2, 0) is 4.79 Å². The molecule has 26 heavy (non-hydrogen) atoms. The number of carboxylic acids is 1. The second kappa shape index (κ2) is 7.23. The summed E-state index contributed by atoms with van der Waals surface area (Å²) in [5.41, 5.74) is 0.821. The molecule has 3 rings (SSSR count). The second-order valence-electron chi connectivity index (χ2n) is 7.08. The zero-order chi connectivity index (χ0) is 18.7. The van der Waals surface area contributed by atoms with E-state index in [1.165, 1.54) is 18.3 Å². The van der Waals surface area contributed by atoms with Crippen molar-refractivity contribution in [2.24, 2.45) is 5.41 Å². The molecule has 6 heteroatoms. The molecule has 2 aromatic rings. The van der Waals surface area contributed by atoms with Gasteiger partial charge in [-0.2, -0.15) is 0 Å². The standard InChI is InChI=1S/C20H21FN2O3/c1-20(19(25)26)9-3-6-16(11-20)23-18(24)14-7-8-17(22-12-14)13-4-2-5-15(21)10-13/h2,4-5,7-8,10,12,16H,3,6,9,11H2,1H3,(H,23,24)(H,25,26)/t16-,20+/m1/s1. The van der Waals surface area contributed by atoms with Gasteiger partial charge in [0.25, 0.3) is 5.91 Å². The van der Waals surface area contributed by atoms with Crippen molar-refractivity contribution in [1.82, 2.24) is 10.3 Å². The van der Waals surface area contributed by atoms with Crippen LogP contribution < -0.4 is 5.32 Å². The molecule has 1 aromatic heterocycles. The molecule has 0 spiro atoms. The molecule has 1 saturated carbocycles. The Morgan fingerprint density at radius 1 is 1.31 bits per heavy atom. The first-order valence-electron chi connectivity index (χ1n) is 8.64. The number of halogens is 1. The van der Waals surface area contributed by atoms with Gasteiger partial charge in [0.1, 0.15) is 5.82 Å². The monoisotopic (exact) mass is 356 g/mol. The highest BCUT2D eigenvalue weighted by molar-refractivity contribution is 5.94. The fourth-order valence-electron chi connectivity index (χ4n) is 3.42. The van der Waals surface area contributed by atoms with E-state index in [2.05, 4.69) is 10.3 Å². The van der Waals surface area contributed by atoms with Crippen LogP contribution in [0.25, 0.3) is 11.3 Å². The average molecular weight is 356 g/mol. The number of hydrogen-bond donors (Lipinski definition) is 2. The number of benzene rings is 1. The van der Waals surface area contributed by atoms with Crippen molar-refractivity contribution in [3.05, 3.63) is 54.0 Å². The molecule has 1 fully saturated rings. The summed E-state index contributed by atoms with van der Waals surface area (Å²) in [6, 6.07) is 9.25. The SMILES string of the molecule is C[C@]1(C(=O)O)CCC[C@@H](NC(=O)c2ccc(-c3cccc(F)c3)nc2)C1. The van der Waals surface area contributed by atoms with Gasteiger partial charge in [-0.05, 0) is 50.5 Å². The Bertz CT molecular complexity index is 822. The van der Waals surface area contributed by atoms with Gasteiger partial charge in [-0.1, -0.05) is 18.6 Å². The summed E-state index contributed by atoms with van der Waals surface area (Å²) in [4.78, 5) is 28.1. The van der Waals surface area contributed by atoms with Crippen LogP contribution in [0.4, 0.5) is 4.39 Å². The van der Waals surface area contributed by atoms with Crippen molar-refractivity contribution >= 4 is 11.9 Å². The smallest absolute Gasteiger partial charge is 0.309 e. The molecule has 1 aliphatic carbocycles. The molecule has 1 heterocycles. The van der Waals surface area contributed by atoms with E-state index < -0.39 is 11.4 Å². The summed E-state index contributed by atoms with van der Waals surface area (Å²) in [5.74, 6) is -1.44. The Balaban J connectivity index is 1.68. The number of hydrogen-bond acceptors (Lipinski definition) is 3. The molecule has 0 aliphatic heterocycles. The third kappa shape index (κ3) is 3.90. The second-order valence-corrected chi connectivity index (χ2v) is 7.08. The normalized spacial score (nSPS) is 22.6. The Kier molecular flexibility index (Phi) is 5.02. The highest BCUT2D eigenvalue weighted by atomic mass is 19.1. The molecule has 0 unspecified atom stereocenters. The first-order chi connectivity index (χ1) is 12.4. The fourth-order valence-corrected chi connectivity index (χ4v) is 3.42. The molecule has 0 saturated heterocycles. The lowest BCUT2D eigenvalue weighted by molar-refractivity contribution is -0.150. The van der Waals surface area contributed by atoms with Crippen molar-refractivity contribution in [3.8, 4) is 11.3 Å². The number of carbonyl (C=O) groups is 2. The van der Waals surface area contributed by atoms with Crippen LogP contribution in [0.2, 0.25) is 0 Å². The third-order valence-electron chi connectivity index (χ3n) is 4.98. The maximum absolute atomic E-state index is 13.3. The summed E-state index contributed by atoms with van der Waals surface area (Å²) in [7, 11) is 0. The Morgan fingerprint density at radius 2 is 2.12 bits per heavy atom. The van der Waals surface area contributed by atoms with Gasteiger partial charge in [-0.15, -0.1) is 0 Å². The van der Waals surface area contributed by atoms with E-state index in [-0.39, 0.29) is 17.8 Å². The number of pyridine rings is 1. The number of nitrogens with zero attached hydrogens (tertiary/aromatic N) is 1. The highest BCUT2D eigenvalue weighted by Gasteiger charge is 2.39. The van der Waals surface area contributed by atoms with E-state index in [1.54, 1.807) is 31.2 Å². The molecular weight excluding hydrogens is 335 g/mol. The summed E-state index contributed by atoms with van der Waals surface area (Å²) >= 11 is 0. The number of amides is 1. The van der Waals surface area contributed by atoms with E-state index in [0.717, 1.165) is 12.8 Å². The van der Waals surface area contributed by atoms with Crippen LogP contribution >= 0.6 is 0 Å². The maximum Gasteiger partial charge on any atom is 0.309 e. The highest BCUT2D eigenvalue weighted by Crippen LogP contribution is 2.36. The Hall–Kier alpha value is -2.76. The third-order valence-corrected chi connectivity index (χ3v) is 4.98. The van der Waals surface area contributed by atoms with E-state index >= 15 is 0 Å². The van der Waals surface area contributed by atoms with Gasteiger partial charge in [0.05, 0.1) is 16.7 Å². The number of rotatable bonds is 4. The molecule has 1 aliphatic rings. The van der Waals surface area contributed by atoms with Crippen molar-refractivity contribution in [2.45, 2.75) is 38.6 Å². The van der Waals surface area contributed by atoms with Gasteiger partial charge < -0.3 is 10.4 Å². The summed E-state index contributed by atoms with van der Waals surface area (Å²) in [6.45, 7) is 1.73.